The summed E-state index contributed by atoms with van der Waals surface area (Å²) in [5.74, 6) is 2.32. The minimum absolute atomic E-state index is 0.0319. The van der Waals surface area contributed by atoms with Crippen LogP contribution >= 0.6 is 0 Å². The molecule has 7 heteroatoms. The van der Waals surface area contributed by atoms with Crippen LogP contribution in [0.4, 0.5) is 5.82 Å². The quantitative estimate of drug-likeness (QED) is 0.855. The highest BCUT2D eigenvalue weighted by molar-refractivity contribution is 5.95. The number of pyridine rings is 1. The van der Waals surface area contributed by atoms with E-state index in [1.165, 1.54) is 0 Å². The molecule has 0 radical (unpaired) electrons. The second-order valence-corrected chi connectivity index (χ2v) is 6.29. The Morgan fingerprint density at radius 1 is 1.46 bits per heavy atom. The Kier molecular flexibility index (Phi) is 4.78. The van der Waals surface area contributed by atoms with Crippen molar-refractivity contribution >= 4 is 11.7 Å². The number of hydrogen-bond donors (Lipinski definition) is 0. The predicted octanol–water partition coefficient (Wildman–Crippen LogP) is 2.11. The van der Waals surface area contributed by atoms with Gasteiger partial charge in [-0.1, -0.05) is 12.1 Å². The van der Waals surface area contributed by atoms with Crippen LogP contribution < -0.4 is 4.90 Å². The predicted molar refractivity (Wildman–Crippen MR) is 90.1 cm³/mol. The number of carbonyl (C=O) groups excluding carboxylic acids is 1. The van der Waals surface area contributed by atoms with Crippen LogP contribution in [0.3, 0.4) is 0 Å². The molecule has 128 valence electrons. The molecule has 0 saturated carbocycles. The fraction of sp³-hybridized carbons (Fsp3) is 0.529. The molecule has 0 bridgehead atoms. The van der Waals surface area contributed by atoms with Gasteiger partial charge < -0.3 is 14.3 Å². The first-order chi connectivity index (χ1) is 11.6. The van der Waals surface area contributed by atoms with Crippen LogP contribution in [-0.2, 0) is 6.42 Å². The van der Waals surface area contributed by atoms with Crippen LogP contribution in [0, 0.1) is 0 Å². The van der Waals surface area contributed by atoms with Gasteiger partial charge in [0.25, 0.3) is 5.91 Å². The Balaban J connectivity index is 1.74. The second-order valence-electron chi connectivity index (χ2n) is 6.29. The summed E-state index contributed by atoms with van der Waals surface area (Å²) in [6.07, 6.45) is 4.33. The van der Waals surface area contributed by atoms with E-state index in [9.17, 15) is 4.79 Å². The maximum Gasteiger partial charge on any atom is 0.254 e. The van der Waals surface area contributed by atoms with Crippen LogP contribution in [0.15, 0.2) is 22.9 Å². The minimum Gasteiger partial charge on any atom is -0.363 e. The summed E-state index contributed by atoms with van der Waals surface area (Å²) < 4.78 is 5.21. The van der Waals surface area contributed by atoms with Crippen LogP contribution in [0.25, 0.3) is 0 Å². The molecule has 1 fully saturated rings. The molecule has 1 amide bonds. The average molecular weight is 329 g/mol. The van der Waals surface area contributed by atoms with Gasteiger partial charge in [-0.05, 0) is 25.0 Å². The van der Waals surface area contributed by atoms with Crippen LogP contribution in [0.5, 0.6) is 0 Å². The van der Waals surface area contributed by atoms with Crippen molar-refractivity contribution in [1.82, 2.24) is 20.0 Å². The van der Waals surface area contributed by atoms with Gasteiger partial charge in [-0.2, -0.15) is 4.98 Å². The summed E-state index contributed by atoms with van der Waals surface area (Å²) in [5, 5.41) is 4.07. The Hall–Kier alpha value is -2.44. The number of aromatic nitrogens is 3. The third-order valence-corrected chi connectivity index (χ3v) is 4.31. The normalized spacial score (nSPS) is 17.8. The lowest BCUT2D eigenvalue weighted by Gasteiger charge is -2.31. The molecule has 2 aromatic heterocycles. The number of amides is 1. The van der Waals surface area contributed by atoms with Crippen molar-refractivity contribution in [3.63, 3.8) is 0 Å². The first-order valence-electron chi connectivity index (χ1n) is 8.33. The smallest absolute Gasteiger partial charge is 0.254 e. The van der Waals surface area contributed by atoms with Gasteiger partial charge in [-0.3, -0.25) is 4.79 Å². The van der Waals surface area contributed by atoms with E-state index in [0.29, 0.717) is 23.8 Å². The SMILES string of the molecule is CCc1nc(C2CCCN(C(=O)c3ccnc(N(C)C)c3)C2)no1. The molecule has 0 spiro atoms. The monoisotopic (exact) mass is 329 g/mol. The topological polar surface area (TPSA) is 75.4 Å². The first kappa shape index (κ1) is 16.4. The Morgan fingerprint density at radius 2 is 2.29 bits per heavy atom. The molecule has 1 unspecified atom stereocenters. The zero-order valence-electron chi connectivity index (χ0n) is 14.4. The maximum atomic E-state index is 12.8. The second kappa shape index (κ2) is 6.98. The zero-order valence-corrected chi connectivity index (χ0v) is 14.4. The third-order valence-electron chi connectivity index (χ3n) is 4.31. The molecule has 1 saturated heterocycles. The number of carbonyl (C=O) groups is 1. The fourth-order valence-electron chi connectivity index (χ4n) is 2.93. The van der Waals surface area contributed by atoms with E-state index >= 15 is 0 Å². The lowest BCUT2D eigenvalue weighted by atomic mass is 9.97. The summed E-state index contributed by atoms with van der Waals surface area (Å²) in [6, 6.07) is 3.60. The molecule has 1 aliphatic heterocycles. The zero-order chi connectivity index (χ0) is 17.1. The number of likely N-dealkylation sites (tertiary alicyclic amines) is 1. The van der Waals surface area contributed by atoms with Crippen LogP contribution in [0.2, 0.25) is 0 Å². The van der Waals surface area contributed by atoms with Gasteiger partial charge in [0.2, 0.25) is 5.89 Å². The fourth-order valence-corrected chi connectivity index (χ4v) is 2.93. The number of piperidine rings is 1. The van der Waals surface area contributed by atoms with Crippen molar-refractivity contribution in [2.24, 2.45) is 0 Å². The maximum absolute atomic E-state index is 12.8. The van der Waals surface area contributed by atoms with Gasteiger partial charge in [0.15, 0.2) is 5.82 Å². The van der Waals surface area contributed by atoms with Gasteiger partial charge in [0.1, 0.15) is 5.82 Å². The van der Waals surface area contributed by atoms with E-state index in [0.717, 1.165) is 31.6 Å². The summed E-state index contributed by atoms with van der Waals surface area (Å²) in [4.78, 5) is 25.3. The minimum atomic E-state index is 0.0319. The molecule has 1 atom stereocenters. The lowest BCUT2D eigenvalue weighted by Crippen LogP contribution is -2.39. The number of rotatable bonds is 4. The third kappa shape index (κ3) is 3.39. The van der Waals surface area contributed by atoms with E-state index in [1.807, 2.05) is 36.9 Å². The van der Waals surface area contributed by atoms with E-state index in [1.54, 1.807) is 12.3 Å². The summed E-state index contributed by atoms with van der Waals surface area (Å²) >= 11 is 0. The van der Waals surface area contributed by atoms with E-state index < -0.39 is 0 Å². The molecule has 0 aliphatic carbocycles. The van der Waals surface area contributed by atoms with Gasteiger partial charge in [0, 0.05) is 51.3 Å². The standard InChI is InChI=1S/C17H23N5O2/c1-4-15-19-16(20-24-15)13-6-5-9-22(11-13)17(23)12-7-8-18-14(10-12)21(2)3/h7-8,10,13H,4-6,9,11H2,1-3H3. The molecule has 3 heterocycles. The van der Waals surface area contributed by atoms with Crippen molar-refractivity contribution in [2.75, 3.05) is 32.1 Å². The molecule has 1 aliphatic rings. The molecule has 0 N–H and O–H groups in total. The highest BCUT2D eigenvalue weighted by Crippen LogP contribution is 2.26. The van der Waals surface area contributed by atoms with Crippen molar-refractivity contribution in [3.8, 4) is 0 Å². The Labute approximate surface area is 141 Å². The molecule has 3 rings (SSSR count). The van der Waals surface area contributed by atoms with Crippen molar-refractivity contribution in [3.05, 3.63) is 35.6 Å². The number of hydrogen-bond acceptors (Lipinski definition) is 6. The number of anilines is 1. The number of nitrogens with zero attached hydrogens (tertiary/aromatic N) is 5. The number of aryl methyl sites for hydroxylation is 1. The largest absolute Gasteiger partial charge is 0.363 e. The van der Waals surface area contributed by atoms with E-state index in [4.69, 9.17) is 4.52 Å². The molecule has 0 aromatic carbocycles. The first-order valence-corrected chi connectivity index (χ1v) is 8.33. The van der Waals surface area contributed by atoms with E-state index in [2.05, 4.69) is 15.1 Å². The molecule has 24 heavy (non-hydrogen) atoms. The highest BCUT2D eigenvalue weighted by Gasteiger charge is 2.28. The lowest BCUT2D eigenvalue weighted by molar-refractivity contribution is 0.0703. The molecular formula is C17H23N5O2. The van der Waals surface area contributed by atoms with Crippen molar-refractivity contribution < 1.29 is 9.32 Å². The van der Waals surface area contributed by atoms with Crippen molar-refractivity contribution in [2.45, 2.75) is 32.1 Å². The van der Waals surface area contributed by atoms with Gasteiger partial charge in [-0.15, -0.1) is 0 Å². The van der Waals surface area contributed by atoms with Gasteiger partial charge in [-0.25, -0.2) is 4.98 Å². The highest BCUT2D eigenvalue weighted by atomic mass is 16.5. The summed E-state index contributed by atoms with van der Waals surface area (Å²) in [5.41, 5.74) is 0.664. The molecule has 7 nitrogen and oxygen atoms in total. The average Bonchev–Trinajstić information content (AvgIpc) is 3.10. The van der Waals surface area contributed by atoms with Gasteiger partial charge in [0.05, 0.1) is 0 Å². The Bertz CT molecular complexity index is 713. The molecule has 2 aromatic rings. The van der Waals surface area contributed by atoms with Gasteiger partial charge >= 0.3 is 0 Å². The summed E-state index contributed by atoms with van der Waals surface area (Å²) in [6.45, 7) is 3.37. The Morgan fingerprint density at radius 3 is 3.00 bits per heavy atom. The van der Waals surface area contributed by atoms with Crippen LogP contribution in [0.1, 0.15) is 47.8 Å². The summed E-state index contributed by atoms with van der Waals surface area (Å²) in [7, 11) is 3.82. The molecular weight excluding hydrogens is 306 g/mol. The van der Waals surface area contributed by atoms with Crippen LogP contribution in [-0.4, -0.2) is 53.1 Å². The van der Waals surface area contributed by atoms with E-state index in [-0.39, 0.29) is 11.8 Å². The van der Waals surface area contributed by atoms with Crippen molar-refractivity contribution in [1.29, 1.82) is 0 Å².